The first-order chi connectivity index (χ1) is 11.0. The molecule has 1 fully saturated rings. The maximum Gasteiger partial charge on any atom is 0.254 e. The average molecular weight is 383 g/mol. The first-order valence-electron chi connectivity index (χ1n) is 7.06. The molecule has 7 heteroatoms. The fourth-order valence-corrected chi connectivity index (χ4v) is 2.78. The van der Waals surface area contributed by atoms with Crippen LogP contribution in [0, 0.1) is 11.6 Å². The van der Waals surface area contributed by atoms with E-state index in [4.69, 9.17) is 4.74 Å². The fourth-order valence-electron chi connectivity index (χ4n) is 2.44. The Bertz CT molecular complexity index is 742. The molecule has 0 bridgehead atoms. The van der Waals surface area contributed by atoms with Crippen molar-refractivity contribution >= 4 is 21.8 Å². The van der Waals surface area contributed by atoms with Gasteiger partial charge in [-0.25, -0.2) is 13.8 Å². The van der Waals surface area contributed by atoms with Crippen LogP contribution >= 0.6 is 15.9 Å². The quantitative estimate of drug-likeness (QED) is 0.816. The molecule has 0 N–H and O–H groups in total. The fraction of sp³-hybridized carbons (Fsp3) is 0.250. The number of halogens is 3. The van der Waals surface area contributed by atoms with E-state index in [1.165, 1.54) is 6.07 Å². The van der Waals surface area contributed by atoms with Gasteiger partial charge in [0, 0.05) is 24.7 Å². The molecule has 2 heterocycles. The summed E-state index contributed by atoms with van der Waals surface area (Å²) in [5.74, 6) is -1.86. The van der Waals surface area contributed by atoms with E-state index in [9.17, 15) is 13.6 Å². The van der Waals surface area contributed by atoms with Crippen LogP contribution in [0.3, 0.4) is 0 Å². The van der Waals surface area contributed by atoms with Crippen molar-refractivity contribution in [3.8, 4) is 5.88 Å². The Morgan fingerprint density at radius 2 is 2.13 bits per heavy atom. The summed E-state index contributed by atoms with van der Waals surface area (Å²) < 4.78 is 32.7. The van der Waals surface area contributed by atoms with Crippen LogP contribution in [0.4, 0.5) is 8.78 Å². The predicted octanol–water partition coefficient (Wildman–Crippen LogP) is 3.42. The number of ether oxygens (including phenoxy) is 1. The number of likely N-dealkylation sites (tertiary alicyclic amines) is 1. The largest absolute Gasteiger partial charge is 0.472 e. The van der Waals surface area contributed by atoms with Crippen LogP contribution in [0.5, 0.6) is 5.88 Å². The van der Waals surface area contributed by atoms with Crippen molar-refractivity contribution < 1.29 is 18.3 Å². The first kappa shape index (κ1) is 15.9. The van der Waals surface area contributed by atoms with Crippen molar-refractivity contribution in [3.63, 3.8) is 0 Å². The second-order valence-corrected chi connectivity index (χ2v) is 6.05. The van der Waals surface area contributed by atoms with Gasteiger partial charge in [-0.1, -0.05) is 0 Å². The smallest absolute Gasteiger partial charge is 0.254 e. The molecule has 3 rings (SSSR count). The molecular weight excluding hydrogens is 370 g/mol. The van der Waals surface area contributed by atoms with Crippen LogP contribution in [0.2, 0.25) is 0 Å². The lowest BCUT2D eigenvalue weighted by Gasteiger charge is -2.17. The number of amides is 1. The summed E-state index contributed by atoms with van der Waals surface area (Å²) in [6.45, 7) is 0.869. The lowest BCUT2D eigenvalue weighted by molar-refractivity contribution is 0.0770. The molecule has 23 heavy (non-hydrogen) atoms. The van der Waals surface area contributed by atoms with Gasteiger partial charge in [-0.3, -0.25) is 4.79 Å². The average Bonchev–Trinajstić information content (AvgIpc) is 3.00. The zero-order valence-corrected chi connectivity index (χ0v) is 13.6. The molecule has 0 unspecified atom stereocenters. The number of benzene rings is 1. The van der Waals surface area contributed by atoms with Crippen LogP contribution in [0.1, 0.15) is 16.8 Å². The maximum absolute atomic E-state index is 13.3. The van der Waals surface area contributed by atoms with Gasteiger partial charge < -0.3 is 9.64 Å². The number of carbonyl (C=O) groups is 1. The Labute approximate surface area is 140 Å². The van der Waals surface area contributed by atoms with Gasteiger partial charge in [0.25, 0.3) is 5.91 Å². The molecule has 1 aliphatic rings. The molecule has 0 spiro atoms. The summed E-state index contributed by atoms with van der Waals surface area (Å²) >= 11 is 3.35. The first-order valence-corrected chi connectivity index (χ1v) is 7.85. The number of aromatic nitrogens is 1. The SMILES string of the molecule is O=C(c1ccc(F)c(F)c1)N1CC[C@@H](Oc2ncccc2Br)C1. The monoisotopic (exact) mass is 382 g/mol. The molecule has 1 atom stereocenters. The number of nitrogens with zero attached hydrogens (tertiary/aromatic N) is 2. The van der Waals surface area contributed by atoms with E-state index in [2.05, 4.69) is 20.9 Å². The van der Waals surface area contributed by atoms with E-state index in [0.717, 1.165) is 16.6 Å². The van der Waals surface area contributed by atoms with E-state index in [-0.39, 0.29) is 17.6 Å². The van der Waals surface area contributed by atoms with E-state index in [1.807, 2.05) is 6.07 Å². The van der Waals surface area contributed by atoms with Crippen molar-refractivity contribution in [1.82, 2.24) is 9.88 Å². The molecule has 2 aromatic rings. The third-order valence-electron chi connectivity index (χ3n) is 3.60. The molecule has 1 aliphatic heterocycles. The third kappa shape index (κ3) is 3.50. The maximum atomic E-state index is 13.3. The minimum absolute atomic E-state index is 0.128. The van der Waals surface area contributed by atoms with Gasteiger partial charge in [0.05, 0.1) is 11.0 Å². The van der Waals surface area contributed by atoms with E-state index < -0.39 is 11.6 Å². The van der Waals surface area contributed by atoms with Gasteiger partial charge in [0.1, 0.15) is 6.10 Å². The highest BCUT2D eigenvalue weighted by Gasteiger charge is 2.29. The van der Waals surface area contributed by atoms with Crippen molar-refractivity contribution in [2.45, 2.75) is 12.5 Å². The second kappa shape index (κ2) is 6.62. The Balaban J connectivity index is 1.66. The van der Waals surface area contributed by atoms with E-state index >= 15 is 0 Å². The standard InChI is InChI=1S/C16H13BrF2N2O2/c17-12-2-1-6-20-15(12)23-11-5-7-21(9-11)16(22)10-3-4-13(18)14(19)8-10/h1-4,6,8,11H,5,7,9H2/t11-/m1/s1. The molecule has 4 nitrogen and oxygen atoms in total. The third-order valence-corrected chi connectivity index (χ3v) is 4.21. The molecule has 120 valence electrons. The number of hydrogen-bond donors (Lipinski definition) is 0. The molecule has 0 aliphatic carbocycles. The molecular formula is C16H13BrF2N2O2. The minimum atomic E-state index is -1.03. The van der Waals surface area contributed by atoms with Crippen LogP contribution in [-0.2, 0) is 0 Å². The van der Waals surface area contributed by atoms with Gasteiger partial charge in [-0.05, 0) is 46.3 Å². The topological polar surface area (TPSA) is 42.4 Å². The number of hydrogen-bond acceptors (Lipinski definition) is 3. The lowest BCUT2D eigenvalue weighted by atomic mass is 10.2. The Kier molecular flexibility index (Phi) is 4.56. The zero-order valence-electron chi connectivity index (χ0n) is 12.0. The summed E-state index contributed by atoms with van der Waals surface area (Å²) in [7, 11) is 0. The van der Waals surface area contributed by atoms with Gasteiger partial charge in [0.15, 0.2) is 11.6 Å². The number of carbonyl (C=O) groups excluding carboxylic acids is 1. The van der Waals surface area contributed by atoms with Crippen molar-refractivity contribution in [3.05, 3.63) is 58.2 Å². The van der Waals surface area contributed by atoms with E-state index in [1.54, 1.807) is 17.2 Å². The van der Waals surface area contributed by atoms with Crippen LogP contribution in [0.25, 0.3) is 0 Å². The molecule has 0 saturated carbocycles. The van der Waals surface area contributed by atoms with E-state index in [0.29, 0.717) is 25.4 Å². The zero-order chi connectivity index (χ0) is 16.4. The summed E-state index contributed by atoms with van der Waals surface area (Å²) in [6.07, 6.45) is 2.09. The Hall–Kier alpha value is -2.02. The minimum Gasteiger partial charge on any atom is -0.472 e. The number of pyridine rings is 1. The Morgan fingerprint density at radius 3 is 2.87 bits per heavy atom. The highest BCUT2D eigenvalue weighted by atomic mass is 79.9. The van der Waals surface area contributed by atoms with Crippen LogP contribution in [0.15, 0.2) is 41.0 Å². The van der Waals surface area contributed by atoms with Crippen molar-refractivity contribution in [1.29, 1.82) is 0 Å². The van der Waals surface area contributed by atoms with Crippen molar-refractivity contribution in [2.24, 2.45) is 0 Å². The summed E-state index contributed by atoms with van der Waals surface area (Å²) in [5.41, 5.74) is 0.128. The molecule has 0 radical (unpaired) electrons. The van der Waals surface area contributed by atoms with Gasteiger partial charge in [-0.15, -0.1) is 0 Å². The van der Waals surface area contributed by atoms with Gasteiger partial charge >= 0.3 is 0 Å². The highest BCUT2D eigenvalue weighted by molar-refractivity contribution is 9.10. The summed E-state index contributed by atoms with van der Waals surface area (Å²) in [4.78, 5) is 18.0. The summed E-state index contributed by atoms with van der Waals surface area (Å²) in [6, 6.07) is 6.76. The van der Waals surface area contributed by atoms with Crippen LogP contribution in [-0.4, -0.2) is 35.0 Å². The normalized spacial score (nSPS) is 17.3. The molecule has 1 aromatic heterocycles. The molecule has 1 saturated heterocycles. The summed E-state index contributed by atoms with van der Waals surface area (Å²) in [5, 5.41) is 0. The number of rotatable bonds is 3. The molecule has 1 aromatic carbocycles. The highest BCUT2D eigenvalue weighted by Crippen LogP contribution is 2.25. The van der Waals surface area contributed by atoms with Gasteiger partial charge in [0.2, 0.25) is 5.88 Å². The van der Waals surface area contributed by atoms with Gasteiger partial charge in [-0.2, -0.15) is 0 Å². The predicted molar refractivity (Wildman–Crippen MR) is 83.2 cm³/mol. The lowest BCUT2D eigenvalue weighted by Crippen LogP contribution is -2.31. The van der Waals surface area contributed by atoms with Crippen LogP contribution < -0.4 is 4.74 Å². The second-order valence-electron chi connectivity index (χ2n) is 5.20. The molecule has 1 amide bonds. The Morgan fingerprint density at radius 1 is 1.30 bits per heavy atom. The van der Waals surface area contributed by atoms with Crippen molar-refractivity contribution in [2.75, 3.05) is 13.1 Å².